The van der Waals surface area contributed by atoms with Crippen LogP contribution in [0.25, 0.3) is 22.2 Å². The molecule has 1 N–H and O–H groups in total. The molecule has 0 saturated heterocycles. The number of ether oxygens (including phenoxy) is 1. The van der Waals surface area contributed by atoms with Crippen molar-refractivity contribution >= 4 is 22.8 Å². The molecular formula is C24H25NO4. The van der Waals surface area contributed by atoms with Crippen LogP contribution in [0.5, 0.6) is 0 Å². The van der Waals surface area contributed by atoms with Gasteiger partial charge in [-0.3, -0.25) is 9.59 Å². The van der Waals surface area contributed by atoms with E-state index in [-0.39, 0.29) is 18.8 Å². The number of hydrogen-bond donors (Lipinski definition) is 1. The standard InChI is InChI=1S/C24H25NO4/c1-25-19-11-7-6-10-18(19)20(21(25)17-8-4-3-5-9-17)16-12-14-24(15-13-16,22(26)27)23(28)29-2/h3-11,16H,12-15H2,1-2H3,(H,26,27). The summed E-state index contributed by atoms with van der Waals surface area (Å²) in [5.41, 5.74) is 3.28. The molecule has 4 rings (SSSR count). The number of benzene rings is 2. The van der Waals surface area contributed by atoms with Crippen LogP contribution in [0.1, 0.15) is 37.2 Å². The molecule has 0 atom stereocenters. The van der Waals surface area contributed by atoms with Crippen LogP contribution in [0.3, 0.4) is 0 Å². The average Bonchev–Trinajstić information content (AvgIpc) is 3.06. The molecule has 0 unspecified atom stereocenters. The third-order valence-electron chi connectivity index (χ3n) is 6.43. The summed E-state index contributed by atoms with van der Waals surface area (Å²) in [7, 11) is 3.34. The molecule has 5 nitrogen and oxygen atoms in total. The minimum atomic E-state index is -1.43. The molecule has 2 aromatic carbocycles. The minimum Gasteiger partial charge on any atom is -0.480 e. The van der Waals surface area contributed by atoms with E-state index in [1.807, 2.05) is 30.3 Å². The van der Waals surface area contributed by atoms with Gasteiger partial charge in [0.1, 0.15) is 0 Å². The maximum atomic E-state index is 12.3. The summed E-state index contributed by atoms with van der Waals surface area (Å²) in [5, 5.41) is 10.9. The zero-order chi connectivity index (χ0) is 20.6. The van der Waals surface area contributed by atoms with Crippen molar-refractivity contribution in [1.29, 1.82) is 0 Å². The third kappa shape index (κ3) is 3.01. The number of carboxylic acid groups (broad SMARTS) is 1. The molecule has 0 radical (unpaired) electrons. The zero-order valence-electron chi connectivity index (χ0n) is 16.7. The number of rotatable bonds is 4. The number of aryl methyl sites for hydroxylation is 1. The smallest absolute Gasteiger partial charge is 0.323 e. The number of para-hydroxylation sites is 1. The lowest BCUT2D eigenvalue weighted by Gasteiger charge is -2.35. The second-order valence-electron chi connectivity index (χ2n) is 7.86. The quantitative estimate of drug-likeness (QED) is 0.515. The Hall–Kier alpha value is -3.08. The van der Waals surface area contributed by atoms with Gasteiger partial charge in [0, 0.05) is 18.0 Å². The van der Waals surface area contributed by atoms with E-state index in [1.165, 1.54) is 18.1 Å². The molecule has 1 saturated carbocycles. The van der Waals surface area contributed by atoms with Crippen molar-refractivity contribution in [2.45, 2.75) is 31.6 Å². The van der Waals surface area contributed by atoms with Crippen LogP contribution in [0.2, 0.25) is 0 Å². The number of carbonyl (C=O) groups excluding carboxylic acids is 1. The van der Waals surface area contributed by atoms with Crippen molar-refractivity contribution in [2.24, 2.45) is 12.5 Å². The van der Waals surface area contributed by atoms with Gasteiger partial charge in [-0.05, 0) is 48.8 Å². The van der Waals surface area contributed by atoms with Gasteiger partial charge in [-0.15, -0.1) is 0 Å². The predicted molar refractivity (Wildman–Crippen MR) is 112 cm³/mol. The second-order valence-corrected chi connectivity index (χ2v) is 7.86. The first-order chi connectivity index (χ1) is 14.0. The Balaban J connectivity index is 1.80. The van der Waals surface area contributed by atoms with Crippen LogP contribution < -0.4 is 0 Å². The van der Waals surface area contributed by atoms with Crippen LogP contribution in [-0.4, -0.2) is 28.7 Å². The molecule has 1 aromatic heterocycles. The zero-order valence-corrected chi connectivity index (χ0v) is 16.7. The fourth-order valence-corrected chi connectivity index (χ4v) is 4.88. The highest BCUT2D eigenvalue weighted by Gasteiger charge is 2.50. The number of aliphatic carboxylic acids is 1. The van der Waals surface area contributed by atoms with E-state index in [2.05, 4.69) is 35.9 Å². The first-order valence-corrected chi connectivity index (χ1v) is 9.94. The molecule has 0 bridgehead atoms. The summed E-state index contributed by atoms with van der Waals surface area (Å²) < 4.78 is 7.06. The van der Waals surface area contributed by atoms with Crippen molar-refractivity contribution in [3.63, 3.8) is 0 Å². The largest absolute Gasteiger partial charge is 0.480 e. The number of nitrogens with zero attached hydrogens (tertiary/aromatic N) is 1. The Morgan fingerprint density at radius 2 is 1.66 bits per heavy atom. The van der Waals surface area contributed by atoms with Gasteiger partial charge in [0.2, 0.25) is 0 Å². The number of methoxy groups -OCH3 is 1. The van der Waals surface area contributed by atoms with Crippen LogP contribution in [0, 0.1) is 5.41 Å². The average molecular weight is 391 g/mol. The number of hydrogen-bond acceptors (Lipinski definition) is 3. The number of esters is 1. The van der Waals surface area contributed by atoms with Crippen LogP contribution in [0.15, 0.2) is 54.6 Å². The Labute approximate surface area is 169 Å². The first-order valence-electron chi connectivity index (χ1n) is 9.94. The molecule has 1 aliphatic carbocycles. The Morgan fingerprint density at radius 1 is 1.03 bits per heavy atom. The van der Waals surface area contributed by atoms with Gasteiger partial charge in [0.25, 0.3) is 0 Å². The maximum absolute atomic E-state index is 12.3. The highest BCUT2D eigenvalue weighted by molar-refractivity contribution is 5.99. The van der Waals surface area contributed by atoms with Gasteiger partial charge in [0.05, 0.1) is 12.8 Å². The van der Waals surface area contributed by atoms with E-state index in [0.717, 1.165) is 16.8 Å². The van der Waals surface area contributed by atoms with Gasteiger partial charge in [-0.2, -0.15) is 0 Å². The van der Waals surface area contributed by atoms with Crippen molar-refractivity contribution in [2.75, 3.05) is 7.11 Å². The topological polar surface area (TPSA) is 68.5 Å². The van der Waals surface area contributed by atoms with Gasteiger partial charge < -0.3 is 14.4 Å². The molecule has 150 valence electrons. The van der Waals surface area contributed by atoms with E-state index < -0.39 is 17.4 Å². The van der Waals surface area contributed by atoms with Crippen LogP contribution >= 0.6 is 0 Å². The Morgan fingerprint density at radius 3 is 2.28 bits per heavy atom. The van der Waals surface area contributed by atoms with Crippen molar-refractivity contribution in [3.05, 3.63) is 60.2 Å². The summed E-state index contributed by atoms with van der Waals surface area (Å²) in [6, 6.07) is 18.6. The molecular weight excluding hydrogens is 366 g/mol. The van der Waals surface area contributed by atoms with Crippen molar-refractivity contribution in [1.82, 2.24) is 4.57 Å². The SMILES string of the molecule is COC(=O)C1(C(=O)O)CCC(c2c(-c3ccccc3)n(C)c3ccccc23)CC1. The maximum Gasteiger partial charge on any atom is 0.323 e. The van der Waals surface area contributed by atoms with Gasteiger partial charge in [-0.1, -0.05) is 48.5 Å². The lowest BCUT2D eigenvalue weighted by Crippen LogP contribution is -2.43. The van der Waals surface area contributed by atoms with Crippen LogP contribution in [0.4, 0.5) is 0 Å². The minimum absolute atomic E-state index is 0.188. The molecule has 0 spiro atoms. The van der Waals surface area contributed by atoms with Gasteiger partial charge in [-0.25, -0.2) is 0 Å². The normalized spacial score (nSPS) is 21.8. The van der Waals surface area contributed by atoms with Gasteiger partial charge >= 0.3 is 11.9 Å². The lowest BCUT2D eigenvalue weighted by molar-refractivity contribution is -0.169. The molecule has 0 aliphatic heterocycles. The Bertz CT molecular complexity index is 1060. The van der Waals surface area contributed by atoms with Crippen molar-refractivity contribution in [3.8, 4) is 11.3 Å². The first kappa shape index (κ1) is 19.2. The number of carboxylic acids is 1. The third-order valence-corrected chi connectivity index (χ3v) is 6.43. The molecule has 0 amide bonds. The van der Waals surface area contributed by atoms with E-state index >= 15 is 0 Å². The summed E-state index contributed by atoms with van der Waals surface area (Å²) in [6.45, 7) is 0. The van der Waals surface area contributed by atoms with Gasteiger partial charge in [0.15, 0.2) is 5.41 Å². The van der Waals surface area contributed by atoms with Crippen molar-refractivity contribution < 1.29 is 19.4 Å². The molecule has 1 fully saturated rings. The number of fused-ring (bicyclic) bond motifs is 1. The lowest BCUT2D eigenvalue weighted by atomic mass is 9.68. The van der Waals surface area contributed by atoms with E-state index in [0.29, 0.717) is 12.8 Å². The fourth-order valence-electron chi connectivity index (χ4n) is 4.88. The highest BCUT2D eigenvalue weighted by Crippen LogP contribution is 2.48. The summed E-state index contributed by atoms with van der Waals surface area (Å²) in [5.74, 6) is -1.53. The summed E-state index contributed by atoms with van der Waals surface area (Å²) in [4.78, 5) is 24.2. The summed E-state index contributed by atoms with van der Waals surface area (Å²) >= 11 is 0. The van der Waals surface area contributed by atoms with E-state index in [1.54, 1.807) is 0 Å². The highest BCUT2D eigenvalue weighted by atomic mass is 16.5. The monoisotopic (exact) mass is 391 g/mol. The molecule has 1 heterocycles. The molecule has 5 heteroatoms. The molecule has 1 aliphatic rings. The van der Waals surface area contributed by atoms with E-state index in [9.17, 15) is 14.7 Å². The predicted octanol–water partition coefficient (Wildman–Crippen LogP) is 4.75. The number of carbonyl (C=O) groups is 2. The summed E-state index contributed by atoms with van der Waals surface area (Å²) in [6.07, 6.45) is 1.85. The Kier molecular flexibility index (Phi) is 4.91. The second kappa shape index (κ2) is 7.39. The molecule has 3 aromatic rings. The number of aromatic nitrogens is 1. The fraction of sp³-hybridized carbons (Fsp3) is 0.333. The van der Waals surface area contributed by atoms with E-state index in [4.69, 9.17) is 4.74 Å². The van der Waals surface area contributed by atoms with Crippen LogP contribution in [-0.2, 0) is 21.4 Å². The molecule has 29 heavy (non-hydrogen) atoms.